The summed E-state index contributed by atoms with van der Waals surface area (Å²) < 4.78 is 40.1. The summed E-state index contributed by atoms with van der Waals surface area (Å²) in [6.07, 6.45) is 1.26. The predicted molar refractivity (Wildman–Crippen MR) is 153 cm³/mol. The van der Waals surface area contributed by atoms with E-state index in [4.69, 9.17) is 9.47 Å². The Morgan fingerprint density at radius 2 is 1.57 bits per heavy atom. The van der Waals surface area contributed by atoms with E-state index < -0.39 is 28.5 Å². The highest BCUT2D eigenvalue weighted by Crippen LogP contribution is 2.35. The van der Waals surface area contributed by atoms with Crippen LogP contribution in [0, 0.1) is 0 Å². The van der Waals surface area contributed by atoms with Crippen molar-refractivity contribution in [3.63, 3.8) is 0 Å². The Hall–Kier alpha value is -4.05. The van der Waals surface area contributed by atoms with Crippen molar-refractivity contribution in [3.8, 4) is 11.5 Å². The molecule has 0 spiro atoms. The minimum atomic E-state index is -4.15. The van der Waals surface area contributed by atoms with Gasteiger partial charge in [0.25, 0.3) is 10.0 Å². The van der Waals surface area contributed by atoms with Crippen molar-refractivity contribution >= 4 is 27.5 Å². The van der Waals surface area contributed by atoms with Crippen LogP contribution in [0.15, 0.2) is 83.8 Å². The second-order valence-corrected chi connectivity index (χ2v) is 11.3. The molecule has 0 aliphatic carbocycles. The lowest BCUT2D eigenvalue weighted by Gasteiger charge is -2.32. The van der Waals surface area contributed by atoms with E-state index in [0.717, 1.165) is 16.3 Å². The first-order valence-electron chi connectivity index (χ1n) is 13.4. The standard InChI is InChI=1S/C30H35N3O6S/c1-3-17-31-30(35)23(2)32(18-16-24-10-6-4-7-11-24)29(34)22-33(40(36,37)26-12-8-5-9-13-26)25-14-15-27-28(21-25)39-20-19-38-27/h4-15,21,23H,3,16-20,22H2,1-2H3,(H,31,35)/t23-/m0/s1. The summed E-state index contributed by atoms with van der Waals surface area (Å²) in [6.45, 7) is 4.55. The van der Waals surface area contributed by atoms with Gasteiger partial charge < -0.3 is 19.7 Å². The van der Waals surface area contributed by atoms with Crippen LogP contribution in [-0.2, 0) is 26.0 Å². The van der Waals surface area contributed by atoms with E-state index in [-0.39, 0.29) is 23.0 Å². The largest absolute Gasteiger partial charge is 0.486 e. The molecule has 1 atom stereocenters. The second kappa shape index (κ2) is 13.3. The molecule has 0 unspecified atom stereocenters. The SMILES string of the molecule is CCCNC(=O)[C@H](C)N(CCc1ccccc1)C(=O)CN(c1ccc2c(c1)OCCO2)S(=O)(=O)c1ccccc1. The summed E-state index contributed by atoms with van der Waals surface area (Å²) in [5, 5.41) is 2.85. The maximum Gasteiger partial charge on any atom is 0.264 e. The maximum atomic E-state index is 13.9. The highest BCUT2D eigenvalue weighted by molar-refractivity contribution is 7.92. The molecule has 1 aliphatic rings. The maximum absolute atomic E-state index is 13.9. The van der Waals surface area contributed by atoms with E-state index in [1.165, 1.54) is 17.0 Å². The number of fused-ring (bicyclic) bond motifs is 1. The Morgan fingerprint density at radius 3 is 2.25 bits per heavy atom. The molecule has 9 nitrogen and oxygen atoms in total. The first-order chi connectivity index (χ1) is 19.3. The average molecular weight is 566 g/mol. The van der Waals surface area contributed by atoms with Crippen molar-refractivity contribution in [2.45, 2.75) is 37.6 Å². The van der Waals surface area contributed by atoms with Crippen molar-refractivity contribution in [1.29, 1.82) is 0 Å². The summed E-state index contributed by atoms with van der Waals surface area (Å²) in [4.78, 5) is 28.3. The van der Waals surface area contributed by atoms with Crippen molar-refractivity contribution in [2.75, 3.05) is 37.2 Å². The number of hydrogen-bond donors (Lipinski definition) is 1. The zero-order valence-electron chi connectivity index (χ0n) is 22.8. The lowest BCUT2D eigenvalue weighted by Crippen LogP contribution is -2.52. The van der Waals surface area contributed by atoms with E-state index >= 15 is 0 Å². The Morgan fingerprint density at radius 1 is 0.925 bits per heavy atom. The molecule has 212 valence electrons. The molecular formula is C30H35N3O6S. The third-order valence-corrected chi connectivity index (χ3v) is 8.41. The third-order valence-electron chi connectivity index (χ3n) is 6.62. The number of amides is 2. The van der Waals surface area contributed by atoms with Crippen LogP contribution < -0.4 is 19.1 Å². The van der Waals surface area contributed by atoms with Crippen LogP contribution in [0.5, 0.6) is 11.5 Å². The monoisotopic (exact) mass is 565 g/mol. The minimum absolute atomic E-state index is 0.0438. The molecule has 4 rings (SSSR count). The number of nitrogens with zero attached hydrogens (tertiary/aromatic N) is 2. The van der Waals surface area contributed by atoms with Crippen LogP contribution in [-0.4, -0.2) is 64.0 Å². The Kier molecular flexibility index (Phi) is 9.65. The van der Waals surface area contributed by atoms with Crippen molar-refractivity contribution in [3.05, 3.63) is 84.4 Å². The summed E-state index contributed by atoms with van der Waals surface area (Å²) in [6, 6.07) is 21.6. The molecule has 40 heavy (non-hydrogen) atoms. The molecule has 1 N–H and O–H groups in total. The van der Waals surface area contributed by atoms with Gasteiger partial charge in [-0.2, -0.15) is 0 Å². The highest BCUT2D eigenvalue weighted by Gasteiger charge is 2.33. The minimum Gasteiger partial charge on any atom is -0.486 e. The number of hydrogen-bond acceptors (Lipinski definition) is 6. The van der Waals surface area contributed by atoms with Gasteiger partial charge in [0, 0.05) is 19.2 Å². The zero-order valence-corrected chi connectivity index (χ0v) is 23.6. The average Bonchev–Trinajstić information content (AvgIpc) is 2.99. The summed E-state index contributed by atoms with van der Waals surface area (Å²) in [7, 11) is -4.15. The number of carbonyl (C=O) groups is 2. The van der Waals surface area contributed by atoms with Gasteiger partial charge in [0.1, 0.15) is 25.8 Å². The van der Waals surface area contributed by atoms with Gasteiger partial charge in [-0.1, -0.05) is 55.5 Å². The molecule has 3 aromatic rings. The molecule has 0 saturated carbocycles. The quantitative estimate of drug-likeness (QED) is 0.360. The summed E-state index contributed by atoms with van der Waals surface area (Å²) >= 11 is 0. The Balaban J connectivity index is 1.68. The van der Waals surface area contributed by atoms with Gasteiger partial charge in [0.05, 0.1) is 10.6 Å². The zero-order chi connectivity index (χ0) is 28.5. The molecule has 3 aromatic carbocycles. The van der Waals surface area contributed by atoms with Gasteiger partial charge in [0.2, 0.25) is 11.8 Å². The molecular weight excluding hydrogens is 530 g/mol. The lowest BCUT2D eigenvalue weighted by atomic mass is 10.1. The van der Waals surface area contributed by atoms with Gasteiger partial charge in [-0.25, -0.2) is 8.42 Å². The molecule has 0 radical (unpaired) electrons. The van der Waals surface area contributed by atoms with Crippen molar-refractivity contribution in [2.24, 2.45) is 0 Å². The normalized spacial score (nSPS) is 13.2. The van der Waals surface area contributed by atoms with Crippen LogP contribution in [0.1, 0.15) is 25.8 Å². The molecule has 0 bridgehead atoms. The fourth-order valence-corrected chi connectivity index (χ4v) is 5.83. The van der Waals surface area contributed by atoms with Crippen LogP contribution in [0.4, 0.5) is 5.69 Å². The van der Waals surface area contributed by atoms with Gasteiger partial charge in [-0.15, -0.1) is 0 Å². The molecule has 1 aliphatic heterocycles. The predicted octanol–water partition coefficient (Wildman–Crippen LogP) is 3.64. The first kappa shape index (κ1) is 28.9. The Bertz CT molecular complexity index is 1400. The number of carbonyl (C=O) groups excluding carboxylic acids is 2. The number of nitrogens with one attached hydrogen (secondary N) is 1. The summed E-state index contributed by atoms with van der Waals surface area (Å²) in [5.41, 5.74) is 1.26. The second-order valence-electron chi connectivity index (χ2n) is 9.44. The van der Waals surface area contributed by atoms with Crippen LogP contribution in [0.25, 0.3) is 0 Å². The van der Waals surface area contributed by atoms with Crippen LogP contribution in [0.3, 0.4) is 0 Å². The van der Waals surface area contributed by atoms with Crippen molar-refractivity contribution < 1.29 is 27.5 Å². The fourth-order valence-electron chi connectivity index (χ4n) is 4.40. The van der Waals surface area contributed by atoms with Gasteiger partial charge in [-0.05, 0) is 49.6 Å². The smallest absolute Gasteiger partial charge is 0.264 e. The van der Waals surface area contributed by atoms with Gasteiger partial charge in [0.15, 0.2) is 11.5 Å². The number of rotatable bonds is 12. The number of benzene rings is 3. The highest BCUT2D eigenvalue weighted by atomic mass is 32.2. The molecule has 0 saturated heterocycles. The van der Waals surface area contributed by atoms with Crippen LogP contribution >= 0.6 is 0 Å². The van der Waals surface area contributed by atoms with Crippen molar-refractivity contribution in [1.82, 2.24) is 10.2 Å². The lowest BCUT2D eigenvalue weighted by molar-refractivity contribution is -0.138. The van der Waals surface area contributed by atoms with Gasteiger partial charge >= 0.3 is 0 Å². The van der Waals surface area contributed by atoms with E-state index in [9.17, 15) is 18.0 Å². The van der Waals surface area contributed by atoms with E-state index in [0.29, 0.717) is 37.7 Å². The molecule has 0 aromatic heterocycles. The van der Waals surface area contributed by atoms with E-state index in [1.54, 1.807) is 43.3 Å². The Labute approximate surface area is 235 Å². The summed E-state index contributed by atoms with van der Waals surface area (Å²) in [5.74, 6) is 0.117. The number of ether oxygens (including phenoxy) is 2. The topological polar surface area (TPSA) is 105 Å². The third kappa shape index (κ3) is 6.93. The number of sulfonamides is 1. The fraction of sp³-hybridized carbons (Fsp3) is 0.333. The molecule has 2 amide bonds. The van der Waals surface area contributed by atoms with E-state index in [1.807, 2.05) is 37.3 Å². The molecule has 1 heterocycles. The first-order valence-corrected chi connectivity index (χ1v) is 14.8. The van der Waals surface area contributed by atoms with Gasteiger partial charge in [-0.3, -0.25) is 13.9 Å². The van der Waals surface area contributed by atoms with Crippen LogP contribution in [0.2, 0.25) is 0 Å². The van der Waals surface area contributed by atoms with E-state index in [2.05, 4.69) is 5.32 Å². The number of anilines is 1. The molecule has 0 fully saturated rings. The molecule has 10 heteroatoms.